The van der Waals surface area contributed by atoms with Gasteiger partial charge in [-0.15, -0.1) is 0 Å². The summed E-state index contributed by atoms with van der Waals surface area (Å²) >= 11 is 12.3. The van der Waals surface area contributed by atoms with Crippen LogP contribution in [0.25, 0.3) is 0 Å². The summed E-state index contributed by atoms with van der Waals surface area (Å²) in [6.07, 6.45) is 0.813. The van der Waals surface area contributed by atoms with Crippen molar-refractivity contribution in [1.82, 2.24) is 5.32 Å². The molecule has 2 nitrogen and oxygen atoms in total. The average Bonchev–Trinajstić information content (AvgIpc) is 2.47. The number of hydrogen-bond acceptors (Lipinski definition) is 2. The minimum atomic E-state index is 0.105. The van der Waals surface area contributed by atoms with Crippen LogP contribution in [0.3, 0.4) is 0 Å². The van der Waals surface area contributed by atoms with E-state index in [0.29, 0.717) is 5.02 Å². The van der Waals surface area contributed by atoms with Crippen LogP contribution in [-0.2, 0) is 6.42 Å². The van der Waals surface area contributed by atoms with Crippen LogP contribution in [0.15, 0.2) is 42.5 Å². The van der Waals surface area contributed by atoms with Crippen LogP contribution in [-0.4, -0.2) is 14.2 Å². The van der Waals surface area contributed by atoms with Crippen molar-refractivity contribution in [3.63, 3.8) is 0 Å². The van der Waals surface area contributed by atoms with Crippen LogP contribution in [0, 0.1) is 0 Å². The second-order valence-corrected chi connectivity index (χ2v) is 5.41. The molecule has 0 saturated carbocycles. The molecule has 2 aromatic rings. The van der Waals surface area contributed by atoms with Gasteiger partial charge in [-0.1, -0.05) is 35.3 Å². The Balaban J connectivity index is 2.26. The van der Waals surface area contributed by atoms with Gasteiger partial charge in [0.2, 0.25) is 0 Å². The molecule has 0 heterocycles. The monoisotopic (exact) mass is 309 g/mol. The molecule has 1 unspecified atom stereocenters. The van der Waals surface area contributed by atoms with Crippen LogP contribution >= 0.6 is 23.2 Å². The third-order valence-corrected chi connectivity index (χ3v) is 3.84. The maximum absolute atomic E-state index is 6.27. The van der Waals surface area contributed by atoms with Gasteiger partial charge in [-0.05, 0) is 54.9 Å². The Morgan fingerprint density at radius 3 is 2.65 bits per heavy atom. The number of methoxy groups -OCH3 is 1. The number of nitrogens with one attached hydrogen (secondary N) is 1. The molecule has 4 heteroatoms. The molecule has 2 aromatic carbocycles. The van der Waals surface area contributed by atoms with Crippen LogP contribution in [0.1, 0.15) is 17.2 Å². The quantitative estimate of drug-likeness (QED) is 0.877. The largest absolute Gasteiger partial charge is 0.497 e. The molecule has 0 saturated heterocycles. The van der Waals surface area contributed by atoms with E-state index in [0.717, 1.165) is 22.8 Å². The van der Waals surface area contributed by atoms with E-state index in [-0.39, 0.29) is 6.04 Å². The van der Waals surface area contributed by atoms with Gasteiger partial charge in [-0.2, -0.15) is 0 Å². The van der Waals surface area contributed by atoms with E-state index in [2.05, 4.69) is 11.4 Å². The third-order valence-electron chi connectivity index (χ3n) is 3.26. The van der Waals surface area contributed by atoms with Gasteiger partial charge < -0.3 is 10.1 Å². The Labute approximate surface area is 129 Å². The highest BCUT2D eigenvalue weighted by Gasteiger charge is 2.14. The predicted octanol–water partition coefficient (Wildman–Crippen LogP) is 4.51. The highest BCUT2D eigenvalue weighted by Crippen LogP contribution is 2.29. The fourth-order valence-electron chi connectivity index (χ4n) is 2.18. The number of hydrogen-bond donors (Lipinski definition) is 1. The molecule has 106 valence electrons. The highest BCUT2D eigenvalue weighted by atomic mass is 35.5. The first kappa shape index (κ1) is 15.2. The maximum atomic E-state index is 6.27. The molecule has 0 aromatic heterocycles. The van der Waals surface area contributed by atoms with Crippen molar-refractivity contribution in [3.05, 3.63) is 63.6 Å². The summed E-state index contributed by atoms with van der Waals surface area (Å²) in [5.41, 5.74) is 2.18. The number of benzene rings is 2. The van der Waals surface area contributed by atoms with Crippen molar-refractivity contribution in [2.75, 3.05) is 14.2 Å². The second kappa shape index (κ2) is 6.98. The lowest BCUT2D eigenvalue weighted by atomic mass is 9.99. The Kier molecular flexibility index (Phi) is 5.30. The predicted molar refractivity (Wildman–Crippen MR) is 85.0 cm³/mol. The smallest absolute Gasteiger partial charge is 0.119 e. The normalized spacial score (nSPS) is 12.2. The molecule has 0 amide bonds. The molecule has 2 rings (SSSR count). The standard InChI is InChI=1S/C16H17Cl2NO/c1-19-16(14-10-12(17)6-7-15(14)18)9-11-4-3-5-13(8-11)20-2/h3-8,10,16,19H,9H2,1-2H3. The van der Waals surface area contributed by atoms with Crippen molar-refractivity contribution >= 4 is 23.2 Å². The van der Waals surface area contributed by atoms with E-state index in [9.17, 15) is 0 Å². The van der Waals surface area contributed by atoms with Gasteiger partial charge in [-0.25, -0.2) is 0 Å². The molecule has 0 fully saturated rings. The second-order valence-electron chi connectivity index (χ2n) is 4.56. The zero-order valence-electron chi connectivity index (χ0n) is 11.5. The molecule has 0 aliphatic heterocycles. The van der Waals surface area contributed by atoms with Crippen molar-refractivity contribution in [2.45, 2.75) is 12.5 Å². The highest BCUT2D eigenvalue weighted by molar-refractivity contribution is 6.33. The summed E-state index contributed by atoms with van der Waals surface area (Å²) in [6, 6.07) is 13.7. The summed E-state index contributed by atoms with van der Waals surface area (Å²) in [5.74, 6) is 0.856. The van der Waals surface area contributed by atoms with E-state index in [4.69, 9.17) is 27.9 Å². The molecular weight excluding hydrogens is 293 g/mol. The van der Waals surface area contributed by atoms with Crippen LogP contribution in [0.4, 0.5) is 0 Å². The maximum Gasteiger partial charge on any atom is 0.119 e. The van der Waals surface area contributed by atoms with Gasteiger partial charge in [-0.3, -0.25) is 0 Å². The van der Waals surface area contributed by atoms with Crippen molar-refractivity contribution < 1.29 is 4.74 Å². The number of halogens is 2. The lowest BCUT2D eigenvalue weighted by Gasteiger charge is -2.19. The summed E-state index contributed by atoms with van der Waals surface area (Å²) < 4.78 is 5.25. The zero-order chi connectivity index (χ0) is 14.5. The number of rotatable bonds is 5. The number of likely N-dealkylation sites (N-methyl/N-ethyl adjacent to an activating group) is 1. The van der Waals surface area contributed by atoms with E-state index in [1.54, 1.807) is 13.2 Å². The van der Waals surface area contributed by atoms with Crippen molar-refractivity contribution in [1.29, 1.82) is 0 Å². The van der Waals surface area contributed by atoms with E-state index >= 15 is 0 Å². The van der Waals surface area contributed by atoms with Gasteiger partial charge in [0.05, 0.1) is 7.11 Å². The average molecular weight is 310 g/mol. The first-order valence-corrected chi connectivity index (χ1v) is 7.14. The molecule has 0 aliphatic carbocycles. The SMILES string of the molecule is CNC(Cc1cccc(OC)c1)c1cc(Cl)ccc1Cl. The first-order valence-electron chi connectivity index (χ1n) is 6.39. The molecule has 1 atom stereocenters. The molecule has 0 bridgehead atoms. The van der Waals surface area contributed by atoms with Gasteiger partial charge in [0.15, 0.2) is 0 Å². The molecular formula is C16H17Cl2NO. The van der Waals surface area contributed by atoms with Crippen LogP contribution < -0.4 is 10.1 Å². The molecule has 1 N–H and O–H groups in total. The fourth-order valence-corrected chi connectivity index (χ4v) is 2.61. The Morgan fingerprint density at radius 1 is 1.15 bits per heavy atom. The molecule has 0 radical (unpaired) electrons. The van der Waals surface area contributed by atoms with E-state index < -0.39 is 0 Å². The van der Waals surface area contributed by atoms with Crippen molar-refractivity contribution in [3.8, 4) is 5.75 Å². The third kappa shape index (κ3) is 3.66. The Bertz CT molecular complexity index is 586. The molecule has 20 heavy (non-hydrogen) atoms. The van der Waals surface area contributed by atoms with Crippen LogP contribution in [0.2, 0.25) is 10.0 Å². The summed E-state index contributed by atoms with van der Waals surface area (Å²) in [4.78, 5) is 0. The van der Waals surface area contributed by atoms with E-state index in [1.807, 2.05) is 37.4 Å². The lowest BCUT2D eigenvalue weighted by molar-refractivity contribution is 0.414. The molecule has 0 spiro atoms. The minimum absolute atomic E-state index is 0.105. The minimum Gasteiger partial charge on any atom is -0.497 e. The topological polar surface area (TPSA) is 21.3 Å². The Morgan fingerprint density at radius 2 is 1.95 bits per heavy atom. The lowest BCUT2D eigenvalue weighted by Crippen LogP contribution is -2.19. The van der Waals surface area contributed by atoms with Crippen molar-refractivity contribution in [2.24, 2.45) is 0 Å². The van der Waals surface area contributed by atoms with Crippen LogP contribution in [0.5, 0.6) is 5.75 Å². The van der Waals surface area contributed by atoms with Gasteiger partial charge in [0.1, 0.15) is 5.75 Å². The van der Waals surface area contributed by atoms with E-state index in [1.165, 1.54) is 5.56 Å². The first-order chi connectivity index (χ1) is 9.63. The fraction of sp³-hybridized carbons (Fsp3) is 0.250. The van der Waals surface area contributed by atoms with Gasteiger partial charge in [0, 0.05) is 16.1 Å². The van der Waals surface area contributed by atoms with Gasteiger partial charge in [0.25, 0.3) is 0 Å². The summed E-state index contributed by atoms with van der Waals surface area (Å²) in [6.45, 7) is 0. The van der Waals surface area contributed by atoms with Gasteiger partial charge >= 0.3 is 0 Å². The summed E-state index contributed by atoms with van der Waals surface area (Å²) in [7, 11) is 3.59. The zero-order valence-corrected chi connectivity index (χ0v) is 13.0. The number of ether oxygens (including phenoxy) is 1. The Hall–Kier alpha value is -1.22. The molecule has 0 aliphatic rings. The summed E-state index contributed by atoms with van der Waals surface area (Å²) in [5, 5.41) is 4.70.